The molecule has 0 aliphatic heterocycles. The van der Waals surface area contributed by atoms with Crippen LogP contribution in [0.25, 0.3) is 22.2 Å². The Bertz CT molecular complexity index is 1370. The number of nitrogens with zero attached hydrogens (tertiary/aromatic N) is 1. The quantitative estimate of drug-likeness (QED) is 0.113. The minimum Gasteiger partial charge on any atom is -0.493 e. The van der Waals surface area contributed by atoms with Crippen LogP contribution in [0.15, 0.2) is 54.6 Å². The van der Waals surface area contributed by atoms with Gasteiger partial charge in [-0.25, -0.2) is 9.47 Å². The van der Waals surface area contributed by atoms with E-state index in [1.165, 1.54) is 6.92 Å². The maximum atomic E-state index is 14.2. The van der Waals surface area contributed by atoms with E-state index in [1.807, 2.05) is 50.2 Å². The Labute approximate surface area is 244 Å². The van der Waals surface area contributed by atoms with E-state index in [2.05, 4.69) is 18.8 Å². The fourth-order valence-corrected chi connectivity index (χ4v) is 4.00. The molecule has 0 bridgehead atoms. The fraction of sp³-hybridized carbons (Fsp3) is 0.483. The summed E-state index contributed by atoms with van der Waals surface area (Å²) in [5.41, 5.74) is 11.7. The monoisotopic (exact) mass is 619 g/mol. The lowest BCUT2D eigenvalue weighted by Gasteiger charge is -2.27. The third-order valence-electron chi connectivity index (χ3n) is 6.21. The summed E-state index contributed by atoms with van der Waals surface area (Å²) in [4.78, 5) is 11.6. The van der Waals surface area contributed by atoms with Gasteiger partial charge >= 0.3 is 24.5 Å². The number of halogens is 6. The Morgan fingerprint density at radius 3 is 2.09 bits per heavy atom. The number of esters is 1. The van der Waals surface area contributed by atoms with Crippen LogP contribution in [0, 0.1) is 5.92 Å². The van der Waals surface area contributed by atoms with Crippen molar-refractivity contribution in [1.29, 1.82) is 0 Å². The highest BCUT2D eigenvalue weighted by Gasteiger charge is 2.52. The number of fused-ring (bicyclic) bond motifs is 1. The molecule has 0 fully saturated rings. The van der Waals surface area contributed by atoms with Crippen LogP contribution in [0.3, 0.4) is 0 Å². The molecule has 0 aliphatic rings. The standard InChI is InChI=1S/C29H35F6N3O5/c1-19(2)17-38-23(20-7-5-4-6-8-20)15-21-9-10-22(16-24(21)38)40-13-11-27(30,31)42-29(34,35)43-28(32,33)12-14-41-25(39)26(3,37)18-36/h4-10,15-16,19H,11-14,17-18,36-37H2,1-3H3. The molecule has 8 nitrogen and oxygen atoms in total. The predicted molar refractivity (Wildman–Crippen MR) is 147 cm³/mol. The maximum absolute atomic E-state index is 14.2. The molecule has 0 saturated carbocycles. The first-order valence-electron chi connectivity index (χ1n) is 13.5. The second kappa shape index (κ2) is 13.5. The van der Waals surface area contributed by atoms with Crippen LogP contribution in [0.2, 0.25) is 0 Å². The van der Waals surface area contributed by atoms with Crippen molar-refractivity contribution in [2.24, 2.45) is 17.4 Å². The van der Waals surface area contributed by atoms with E-state index >= 15 is 0 Å². The topological polar surface area (TPSA) is 111 Å². The molecule has 1 aromatic heterocycles. The molecule has 1 atom stereocenters. The number of hydrogen-bond donors (Lipinski definition) is 2. The molecule has 14 heteroatoms. The molecular formula is C29H35F6N3O5. The first-order chi connectivity index (χ1) is 19.9. The minimum atomic E-state index is -5.39. The van der Waals surface area contributed by atoms with E-state index in [1.54, 1.807) is 18.2 Å². The molecule has 43 heavy (non-hydrogen) atoms. The number of ether oxygens (including phenoxy) is 4. The summed E-state index contributed by atoms with van der Waals surface area (Å²) in [6.45, 7) is 3.67. The van der Waals surface area contributed by atoms with Crippen molar-refractivity contribution in [3.63, 3.8) is 0 Å². The van der Waals surface area contributed by atoms with Gasteiger partial charge in [0.05, 0.1) is 31.6 Å². The number of aromatic nitrogens is 1. The molecule has 0 spiro atoms. The zero-order chi connectivity index (χ0) is 32.1. The number of hydrogen-bond acceptors (Lipinski definition) is 7. The van der Waals surface area contributed by atoms with Gasteiger partial charge in [0, 0.05) is 30.2 Å². The average Bonchev–Trinajstić information content (AvgIpc) is 3.24. The largest absolute Gasteiger partial charge is 0.494 e. The number of carbonyl (C=O) groups is 1. The molecule has 0 aliphatic carbocycles. The van der Waals surface area contributed by atoms with E-state index in [4.69, 9.17) is 16.2 Å². The first-order valence-corrected chi connectivity index (χ1v) is 13.5. The van der Waals surface area contributed by atoms with Crippen LogP contribution in [0.5, 0.6) is 5.75 Å². The zero-order valence-corrected chi connectivity index (χ0v) is 23.9. The van der Waals surface area contributed by atoms with Crippen molar-refractivity contribution < 1.29 is 50.1 Å². The fourth-order valence-electron chi connectivity index (χ4n) is 4.00. The highest BCUT2D eigenvalue weighted by atomic mass is 19.3. The van der Waals surface area contributed by atoms with Crippen LogP contribution in [0.4, 0.5) is 26.3 Å². The summed E-state index contributed by atoms with van der Waals surface area (Å²) >= 11 is 0. The van der Waals surface area contributed by atoms with Gasteiger partial charge in [-0.2, -0.15) is 17.6 Å². The van der Waals surface area contributed by atoms with Crippen LogP contribution in [-0.2, 0) is 25.5 Å². The number of rotatable bonds is 16. The van der Waals surface area contributed by atoms with Gasteiger partial charge in [-0.3, -0.25) is 4.79 Å². The molecule has 3 aromatic rings. The molecule has 4 N–H and O–H groups in total. The van der Waals surface area contributed by atoms with Crippen molar-refractivity contribution in [3.05, 3.63) is 54.6 Å². The lowest BCUT2D eigenvalue weighted by Crippen LogP contribution is -2.52. The van der Waals surface area contributed by atoms with Crippen molar-refractivity contribution in [1.82, 2.24) is 4.57 Å². The van der Waals surface area contributed by atoms with Gasteiger partial charge in [0.25, 0.3) is 0 Å². The molecular weight excluding hydrogens is 584 g/mol. The van der Waals surface area contributed by atoms with E-state index in [0.717, 1.165) is 22.2 Å². The number of nitrogens with two attached hydrogens (primary N) is 2. The highest BCUT2D eigenvalue weighted by Crippen LogP contribution is 2.36. The third-order valence-corrected chi connectivity index (χ3v) is 6.21. The zero-order valence-electron chi connectivity index (χ0n) is 23.9. The van der Waals surface area contributed by atoms with Gasteiger partial charge in [0.15, 0.2) is 0 Å². The van der Waals surface area contributed by atoms with Crippen LogP contribution in [-0.4, -0.2) is 54.3 Å². The molecule has 238 valence electrons. The molecule has 3 rings (SSSR count). The molecule has 1 heterocycles. The number of benzene rings is 2. The Balaban J connectivity index is 1.60. The lowest BCUT2D eigenvalue weighted by molar-refractivity contribution is -0.514. The lowest BCUT2D eigenvalue weighted by atomic mass is 10.1. The molecule has 0 radical (unpaired) electrons. The average molecular weight is 620 g/mol. The third kappa shape index (κ3) is 9.85. The van der Waals surface area contributed by atoms with Gasteiger partial charge < -0.3 is 25.5 Å². The normalized spacial score (nSPS) is 14.2. The van der Waals surface area contributed by atoms with Crippen molar-refractivity contribution in [2.45, 2.75) is 64.2 Å². The number of carbonyl (C=O) groups excluding carboxylic acids is 1. The van der Waals surface area contributed by atoms with Crippen molar-refractivity contribution >= 4 is 16.9 Å². The highest BCUT2D eigenvalue weighted by molar-refractivity contribution is 5.88. The number of alkyl halides is 6. The van der Waals surface area contributed by atoms with Gasteiger partial charge in [-0.05, 0) is 36.6 Å². The second-order valence-corrected chi connectivity index (χ2v) is 10.7. The summed E-state index contributed by atoms with van der Waals surface area (Å²) in [5, 5.41) is 0.879. The van der Waals surface area contributed by atoms with E-state index in [9.17, 15) is 31.1 Å². The maximum Gasteiger partial charge on any atom is 0.494 e. The Morgan fingerprint density at radius 2 is 1.51 bits per heavy atom. The van der Waals surface area contributed by atoms with E-state index < -0.39 is 56.1 Å². The Morgan fingerprint density at radius 1 is 0.907 bits per heavy atom. The SMILES string of the molecule is CC(C)Cn1c(-c2ccccc2)cc2ccc(OCCC(F)(F)OC(F)(F)OC(F)(F)CCOC(=O)C(C)(N)CN)cc21. The van der Waals surface area contributed by atoms with Crippen molar-refractivity contribution in [3.8, 4) is 17.0 Å². The van der Waals surface area contributed by atoms with Gasteiger partial charge in [0.2, 0.25) is 0 Å². The Hall–Kier alpha value is -3.33. The summed E-state index contributed by atoms with van der Waals surface area (Å²) in [5.74, 6) is -0.690. The van der Waals surface area contributed by atoms with E-state index in [0.29, 0.717) is 6.54 Å². The summed E-state index contributed by atoms with van der Waals surface area (Å²) < 4.78 is 102. The summed E-state index contributed by atoms with van der Waals surface area (Å²) in [6, 6.07) is 16.6. The van der Waals surface area contributed by atoms with Gasteiger partial charge in [-0.1, -0.05) is 44.2 Å². The second-order valence-electron chi connectivity index (χ2n) is 10.7. The van der Waals surface area contributed by atoms with Crippen molar-refractivity contribution in [2.75, 3.05) is 19.8 Å². The molecule has 0 amide bonds. The minimum absolute atomic E-state index is 0.193. The predicted octanol–water partition coefficient (Wildman–Crippen LogP) is 6.11. The molecule has 0 saturated heterocycles. The van der Waals surface area contributed by atoms with Gasteiger partial charge in [-0.15, -0.1) is 8.78 Å². The Kier molecular flexibility index (Phi) is 10.8. The first kappa shape index (κ1) is 34.2. The van der Waals surface area contributed by atoms with Gasteiger partial charge in [0.1, 0.15) is 11.3 Å². The summed E-state index contributed by atoms with van der Waals surface area (Å²) in [7, 11) is 0. The van der Waals surface area contributed by atoms with Crippen LogP contribution >= 0.6 is 0 Å². The molecule has 2 aromatic carbocycles. The van der Waals surface area contributed by atoms with Crippen LogP contribution < -0.4 is 16.2 Å². The smallest absolute Gasteiger partial charge is 0.493 e. The van der Waals surface area contributed by atoms with E-state index in [-0.39, 0.29) is 18.2 Å². The molecule has 1 unspecified atom stereocenters. The summed E-state index contributed by atoms with van der Waals surface area (Å²) in [6.07, 6.45) is -17.7. The van der Waals surface area contributed by atoms with Crippen LogP contribution in [0.1, 0.15) is 33.6 Å².